The molecule has 0 aliphatic carbocycles. The van der Waals surface area contributed by atoms with E-state index < -0.39 is 17.7 Å². The van der Waals surface area contributed by atoms with Gasteiger partial charge in [0.25, 0.3) is 0 Å². The lowest BCUT2D eigenvalue weighted by molar-refractivity contribution is -0.137. The zero-order chi connectivity index (χ0) is 19.6. The van der Waals surface area contributed by atoms with Crippen LogP contribution in [0.4, 0.5) is 18.9 Å². The molecule has 0 amide bonds. The van der Waals surface area contributed by atoms with E-state index in [-0.39, 0.29) is 17.1 Å². The molecule has 140 valence electrons. The second-order valence-electron chi connectivity index (χ2n) is 5.70. The van der Waals surface area contributed by atoms with Crippen molar-refractivity contribution in [2.24, 2.45) is 0 Å². The number of rotatable bonds is 5. The van der Waals surface area contributed by atoms with Gasteiger partial charge in [-0.2, -0.15) is 13.2 Å². The van der Waals surface area contributed by atoms with E-state index in [9.17, 15) is 18.0 Å². The first kappa shape index (κ1) is 18.8. The van der Waals surface area contributed by atoms with E-state index in [0.29, 0.717) is 22.8 Å². The Morgan fingerprint density at radius 2 is 1.89 bits per heavy atom. The number of halogens is 4. The molecule has 0 spiro atoms. The van der Waals surface area contributed by atoms with Crippen LogP contribution in [0.25, 0.3) is 11.3 Å². The predicted molar refractivity (Wildman–Crippen MR) is 94.9 cm³/mol. The zero-order valence-electron chi connectivity index (χ0n) is 13.7. The van der Waals surface area contributed by atoms with Gasteiger partial charge >= 0.3 is 12.1 Å². The summed E-state index contributed by atoms with van der Waals surface area (Å²) in [4.78, 5) is 10.9. The lowest BCUT2D eigenvalue weighted by atomic mass is 10.1. The first-order valence-electron chi connectivity index (χ1n) is 7.77. The number of aromatic carboxylic acids is 1. The molecule has 3 rings (SSSR count). The molecule has 0 aliphatic rings. The van der Waals surface area contributed by atoms with Crippen LogP contribution in [0.3, 0.4) is 0 Å². The number of furan rings is 1. The molecule has 27 heavy (non-hydrogen) atoms. The monoisotopic (exact) mass is 395 g/mol. The van der Waals surface area contributed by atoms with Gasteiger partial charge in [0.15, 0.2) is 0 Å². The maximum absolute atomic E-state index is 12.8. The minimum absolute atomic E-state index is 0.00736. The zero-order valence-corrected chi connectivity index (χ0v) is 14.4. The molecule has 1 aromatic heterocycles. The van der Waals surface area contributed by atoms with E-state index in [4.69, 9.17) is 21.1 Å². The summed E-state index contributed by atoms with van der Waals surface area (Å²) >= 11 is 5.91. The molecule has 0 aliphatic heterocycles. The van der Waals surface area contributed by atoms with Crippen LogP contribution in [0.2, 0.25) is 5.02 Å². The third-order valence-corrected chi connectivity index (χ3v) is 4.12. The smallest absolute Gasteiger partial charge is 0.416 e. The number of carboxylic acids is 1. The molecule has 0 bridgehead atoms. The summed E-state index contributed by atoms with van der Waals surface area (Å²) in [6, 6.07) is 12.5. The molecule has 2 N–H and O–H groups in total. The lowest BCUT2D eigenvalue weighted by Crippen LogP contribution is -2.04. The molecule has 4 nitrogen and oxygen atoms in total. The average Bonchev–Trinajstić information content (AvgIpc) is 3.08. The molecule has 2 aromatic carbocycles. The molecule has 3 aromatic rings. The normalized spacial score (nSPS) is 11.4. The van der Waals surface area contributed by atoms with E-state index >= 15 is 0 Å². The highest BCUT2D eigenvalue weighted by Crippen LogP contribution is 2.32. The number of nitrogens with one attached hydrogen (secondary N) is 1. The van der Waals surface area contributed by atoms with E-state index in [1.165, 1.54) is 24.3 Å². The molecule has 0 radical (unpaired) electrons. The molecular weight excluding hydrogens is 383 g/mol. The van der Waals surface area contributed by atoms with Gasteiger partial charge in [0.05, 0.1) is 22.7 Å². The molecule has 0 saturated carbocycles. The van der Waals surface area contributed by atoms with Crippen LogP contribution in [-0.2, 0) is 12.7 Å². The predicted octanol–water partition coefficient (Wildman–Crippen LogP) is 5.93. The number of hydrogen-bond donors (Lipinski definition) is 2. The van der Waals surface area contributed by atoms with Gasteiger partial charge in [0.1, 0.15) is 11.5 Å². The van der Waals surface area contributed by atoms with Gasteiger partial charge in [-0.05, 0) is 42.5 Å². The van der Waals surface area contributed by atoms with Crippen molar-refractivity contribution in [3.63, 3.8) is 0 Å². The molecule has 8 heteroatoms. The van der Waals surface area contributed by atoms with Crippen molar-refractivity contribution in [2.75, 3.05) is 5.32 Å². The highest BCUT2D eigenvalue weighted by molar-refractivity contribution is 6.33. The van der Waals surface area contributed by atoms with Crippen molar-refractivity contribution < 1.29 is 27.5 Å². The maximum atomic E-state index is 12.8. The highest BCUT2D eigenvalue weighted by atomic mass is 35.5. The molecule has 0 saturated heterocycles. The highest BCUT2D eigenvalue weighted by Gasteiger charge is 2.30. The van der Waals surface area contributed by atoms with Gasteiger partial charge in [-0.25, -0.2) is 4.79 Å². The fraction of sp³-hybridized carbons (Fsp3) is 0.105. The largest absolute Gasteiger partial charge is 0.478 e. The first-order valence-corrected chi connectivity index (χ1v) is 8.15. The van der Waals surface area contributed by atoms with Crippen molar-refractivity contribution in [3.05, 3.63) is 76.5 Å². The first-order chi connectivity index (χ1) is 12.7. The number of hydrogen-bond acceptors (Lipinski definition) is 3. The van der Waals surface area contributed by atoms with Crippen LogP contribution in [-0.4, -0.2) is 11.1 Å². The van der Waals surface area contributed by atoms with E-state index in [0.717, 1.165) is 12.1 Å². The Labute approximate surface area is 157 Å². The van der Waals surface area contributed by atoms with Gasteiger partial charge in [-0.15, -0.1) is 0 Å². The fourth-order valence-corrected chi connectivity index (χ4v) is 2.73. The van der Waals surface area contributed by atoms with Crippen molar-refractivity contribution in [3.8, 4) is 11.3 Å². The Bertz CT molecular complexity index is 982. The van der Waals surface area contributed by atoms with Gasteiger partial charge in [-0.3, -0.25) is 0 Å². The summed E-state index contributed by atoms with van der Waals surface area (Å²) in [5, 5.41) is 12.1. The van der Waals surface area contributed by atoms with Gasteiger partial charge in [0.2, 0.25) is 0 Å². The van der Waals surface area contributed by atoms with Gasteiger partial charge in [-0.1, -0.05) is 23.7 Å². The van der Waals surface area contributed by atoms with Crippen LogP contribution < -0.4 is 5.32 Å². The van der Waals surface area contributed by atoms with Crippen LogP contribution in [0.1, 0.15) is 21.7 Å². The lowest BCUT2D eigenvalue weighted by Gasteiger charge is -2.08. The van der Waals surface area contributed by atoms with Crippen molar-refractivity contribution >= 4 is 23.3 Å². The average molecular weight is 396 g/mol. The second-order valence-corrected chi connectivity index (χ2v) is 6.11. The number of carbonyl (C=O) groups is 1. The van der Waals surface area contributed by atoms with Crippen LogP contribution in [0.5, 0.6) is 0 Å². The van der Waals surface area contributed by atoms with Crippen molar-refractivity contribution in [2.45, 2.75) is 12.7 Å². The third kappa shape index (κ3) is 4.43. The molecule has 0 fully saturated rings. The van der Waals surface area contributed by atoms with E-state index in [1.54, 1.807) is 18.2 Å². The summed E-state index contributed by atoms with van der Waals surface area (Å²) < 4.78 is 44.1. The van der Waals surface area contributed by atoms with E-state index in [2.05, 4.69) is 5.32 Å². The number of alkyl halides is 3. The van der Waals surface area contributed by atoms with Gasteiger partial charge in [0, 0.05) is 11.3 Å². The Kier molecular flexibility index (Phi) is 5.14. The molecule has 1 heterocycles. The standard InChI is InChI=1S/C19H13ClF3NO3/c20-16-9-13(4-6-15(16)18(25)26)24-10-14-5-7-17(27-14)11-2-1-3-12(8-11)19(21,22)23/h1-9,24H,10H2,(H,25,26). The third-order valence-electron chi connectivity index (χ3n) is 3.80. The van der Waals surface area contributed by atoms with Crippen LogP contribution in [0.15, 0.2) is 59.0 Å². The quantitative estimate of drug-likeness (QED) is 0.562. The Hall–Kier alpha value is -2.93. The molecule has 0 unspecified atom stereocenters. The number of carboxylic acid groups (broad SMARTS) is 1. The van der Waals surface area contributed by atoms with E-state index in [1.807, 2.05) is 0 Å². The molecular formula is C19H13ClF3NO3. The summed E-state index contributed by atoms with van der Waals surface area (Å²) in [7, 11) is 0. The maximum Gasteiger partial charge on any atom is 0.416 e. The Morgan fingerprint density at radius 1 is 1.11 bits per heavy atom. The van der Waals surface area contributed by atoms with Crippen LogP contribution >= 0.6 is 11.6 Å². The van der Waals surface area contributed by atoms with Gasteiger partial charge < -0.3 is 14.8 Å². The van der Waals surface area contributed by atoms with Crippen molar-refractivity contribution in [1.82, 2.24) is 0 Å². The molecule has 0 atom stereocenters. The topological polar surface area (TPSA) is 62.5 Å². The summed E-state index contributed by atoms with van der Waals surface area (Å²) in [6.45, 7) is 0.252. The minimum Gasteiger partial charge on any atom is -0.478 e. The van der Waals surface area contributed by atoms with Crippen LogP contribution in [0, 0.1) is 0 Å². The summed E-state index contributed by atoms with van der Waals surface area (Å²) in [6.07, 6.45) is -4.42. The fourth-order valence-electron chi connectivity index (χ4n) is 2.46. The summed E-state index contributed by atoms with van der Waals surface area (Å²) in [5.41, 5.74) is 0.156. The van der Waals surface area contributed by atoms with Crippen molar-refractivity contribution in [1.29, 1.82) is 0 Å². The number of benzene rings is 2. The second kappa shape index (κ2) is 7.36. The summed E-state index contributed by atoms with van der Waals surface area (Å²) in [5.74, 6) is -0.304. The number of anilines is 1. The minimum atomic E-state index is -4.42. The Morgan fingerprint density at radius 3 is 2.56 bits per heavy atom. The SMILES string of the molecule is O=C(O)c1ccc(NCc2ccc(-c3cccc(C(F)(F)F)c3)o2)cc1Cl. The Balaban J connectivity index is 1.72.